The molecule has 6 aliphatic rings. The molecule has 0 aliphatic carbocycles. The van der Waals surface area contributed by atoms with Crippen LogP contribution in [-0.2, 0) is 14.3 Å². The summed E-state index contributed by atoms with van der Waals surface area (Å²) in [6.07, 6.45) is 19.0. The van der Waals surface area contributed by atoms with E-state index in [9.17, 15) is 28.8 Å². The number of nitrogens with two attached hydrogens (primary N) is 3. The van der Waals surface area contributed by atoms with Gasteiger partial charge in [0.05, 0.1) is 69.4 Å². The number of nitrogen functional groups attached to an aromatic ring is 3. The van der Waals surface area contributed by atoms with E-state index >= 15 is 0 Å². The molecule has 5 amide bonds. The second-order valence-corrected chi connectivity index (χ2v) is 27.6. The highest BCUT2D eigenvalue weighted by Gasteiger charge is 2.33. The molecule has 30 heteroatoms. The van der Waals surface area contributed by atoms with Crippen molar-refractivity contribution in [1.82, 2.24) is 89.7 Å². The number of carbonyl (C=O) groups excluding carboxylic acids is 5. The number of ether oxygens (including phenoxy) is 1. The fourth-order valence-corrected chi connectivity index (χ4v) is 14.3. The molecular weight excluding hydrogens is 1350 g/mol. The van der Waals surface area contributed by atoms with Gasteiger partial charge in [-0.05, 0) is 147 Å². The highest BCUT2D eigenvalue weighted by molar-refractivity contribution is 6.03. The van der Waals surface area contributed by atoms with Crippen molar-refractivity contribution < 1.29 is 38.6 Å². The standard InChI is InChI=1S/C26H33N7O3.C24H27N7O2.C21H25N7O.C3H4O2.ClH/c1-26(2,3)36-25(35)32-14-6-7-19(16-32)33-20-15-28-29-23(27)21(20)22(30-33)17-8-10-18(11-9-17)24(34)31-12-4-5-13-31;1-2-20(32)30-13-5-6-18(15-30)31-19-14-26-27-23(25)21(19)22(28-31)16-7-9-17(10-8-16)24(33)29-11-3-4-12-29;22-20-18-17(13-24-25-20)28(16-4-3-9-23-12-16)26-19(18)14-5-7-15(8-6-14)21(29)27-10-1-2-11-27;1-2-3(4)5;/h8-11,15,19H,4-7,12-14,16H2,1-3H3,(H2,27,29);2,7-10,14,18H,1,3-6,11-13,15H2,(H2,25,27);5-8,13,16,23H,1-4,9-12H2,(H2,22,25);2H,1H2,(H,4,5);1H/t19-;18-;16-;;/m111../s1. The number of piperidine rings is 3. The predicted molar refractivity (Wildman–Crippen MR) is 398 cm³/mol. The van der Waals surface area contributed by atoms with Gasteiger partial charge in [-0.2, -0.15) is 30.6 Å². The van der Waals surface area contributed by atoms with Crippen molar-refractivity contribution in [3.63, 3.8) is 0 Å². The van der Waals surface area contributed by atoms with E-state index in [1.54, 1.807) is 28.4 Å². The number of carboxylic acids is 1. The smallest absolute Gasteiger partial charge is 0.410 e. The van der Waals surface area contributed by atoms with Gasteiger partial charge >= 0.3 is 12.1 Å². The summed E-state index contributed by atoms with van der Waals surface area (Å²) in [5.41, 5.74) is 27.4. The minimum Gasteiger partial charge on any atom is -0.478 e. The van der Waals surface area contributed by atoms with Gasteiger partial charge < -0.3 is 56.9 Å². The number of halogens is 1. The quantitative estimate of drug-likeness (QED) is 0.0752. The Morgan fingerprint density at radius 3 is 1.13 bits per heavy atom. The van der Waals surface area contributed by atoms with E-state index in [-0.39, 0.29) is 60.3 Å². The van der Waals surface area contributed by atoms with Gasteiger partial charge in [0.2, 0.25) is 5.91 Å². The Balaban J connectivity index is 0.000000151. The predicted octanol–water partition coefficient (Wildman–Crippen LogP) is 9.46. The number of hydrogen-bond donors (Lipinski definition) is 5. The normalized spacial score (nSPS) is 18.1. The lowest BCUT2D eigenvalue weighted by Gasteiger charge is -2.34. The zero-order valence-electron chi connectivity index (χ0n) is 59.0. The third-order valence-corrected chi connectivity index (χ3v) is 19.5. The monoisotopic (exact) mass is 1440 g/mol. The Morgan fingerprint density at radius 2 is 0.808 bits per heavy atom. The van der Waals surface area contributed by atoms with Crippen LogP contribution in [0.15, 0.2) is 117 Å². The van der Waals surface area contributed by atoms with Gasteiger partial charge in [-0.3, -0.25) is 33.2 Å². The molecule has 6 aromatic heterocycles. The van der Waals surface area contributed by atoms with Crippen LogP contribution < -0.4 is 22.5 Å². The molecule has 0 saturated carbocycles. The Kier molecular flexibility index (Phi) is 23.6. The number of aromatic nitrogens is 12. The van der Waals surface area contributed by atoms with Crippen LogP contribution in [0.5, 0.6) is 0 Å². The number of amides is 5. The van der Waals surface area contributed by atoms with E-state index in [0.717, 1.165) is 191 Å². The molecule has 12 heterocycles. The maximum absolute atomic E-state index is 12.8. The minimum atomic E-state index is -0.981. The van der Waals surface area contributed by atoms with Crippen LogP contribution in [-0.4, -0.2) is 209 Å². The number of nitrogens with zero attached hydrogens (tertiary/aromatic N) is 17. The van der Waals surface area contributed by atoms with Crippen molar-refractivity contribution in [2.45, 2.75) is 122 Å². The Bertz CT molecular complexity index is 4590. The summed E-state index contributed by atoms with van der Waals surface area (Å²) in [7, 11) is 0. The van der Waals surface area contributed by atoms with Crippen molar-refractivity contribution in [1.29, 1.82) is 0 Å². The van der Waals surface area contributed by atoms with E-state index in [1.807, 2.05) is 122 Å². The van der Waals surface area contributed by atoms with Gasteiger partial charge in [-0.15, -0.1) is 27.7 Å². The van der Waals surface area contributed by atoms with Gasteiger partial charge in [0, 0.05) is 111 Å². The van der Waals surface area contributed by atoms with Crippen molar-refractivity contribution in [2.75, 3.05) is 95.7 Å². The number of hydrogen-bond acceptors (Lipinski definition) is 20. The van der Waals surface area contributed by atoms with Crippen molar-refractivity contribution >= 4 is 98.3 Å². The van der Waals surface area contributed by atoms with Crippen LogP contribution in [0.4, 0.5) is 22.2 Å². The van der Waals surface area contributed by atoms with E-state index in [0.29, 0.717) is 71.7 Å². The number of aliphatic carboxylic acids is 1. The van der Waals surface area contributed by atoms with Crippen molar-refractivity contribution in [3.8, 4) is 33.8 Å². The SMILES string of the molecule is C=CC(=O)N1CCC[C@@H](n2nc(-c3ccc(C(=O)N4CCCC4)cc3)c3c(N)nncc32)C1.C=CC(=O)O.CC(C)(C)OC(=O)N1CCC[C@@H](n2nc(-c3ccc(C(=O)N4CCCC4)cc3)c3c(N)nncc32)C1.Cl.Nc1nncc2c1c(-c1ccc(C(=O)N3CCCC3)cc1)nn2[C@@H]1CCCNC1. The Labute approximate surface area is 608 Å². The highest BCUT2D eigenvalue weighted by Crippen LogP contribution is 2.39. The summed E-state index contributed by atoms with van der Waals surface area (Å²) in [5, 5.41) is 52.4. The molecular formula is C74H90ClN21O8. The molecule has 0 radical (unpaired) electrons. The zero-order chi connectivity index (χ0) is 72.5. The number of rotatable bonds is 11. The van der Waals surface area contributed by atoms with E-state index < -0.39 is 11.6 Å². The lowest BCUT2D eigenvalue weighted by Crippen LogP contribution is -2.43. The molecule has 0 bridgehead atoms. The molecule has 104 heavy (non-hydrogen) atoms. The molecule has 29 nitrogen and oxygen atoms in total. The first kappa shape index (κ1) is 74.3. The Hall–Kier alpha value is -10.9. The third-order valence-electron chi connectivity index (χ3n) is 19.5. The summed E-state index contributed by atoms with van der Waals surface area (Å²) >= 11 is 0. The van der Waals surface area contributed by atoms with E-state index in [2.05, 4.69) is 49.1 Å². The molecule has 0 spiro atoms. The van der Waals surface area contributed by atoms with Crippen LogP contribution >= 0.6 is 12.4 Å². The third kappa shape index (κ3) is 16.6. The fourth-order valence-electron chi connectivity index (χ4n) is 14.3. The van der Waals surface area contributed by atoms with Gasteiger partial charge in [0.25, 0.3) is 17.7 Å². The van der Waals surface area contributed by atoms with Crippen LogP contribution in [0.25, 0.3) is 66.5 Å². The van der Waals surface area contributed by atoms with E-state index in [1.165, 1.54) is 6.08 Å². The lowest BCUT2D eigenvalue weighted by atomic mass is 10.0. The molecule has 6 fully saturated rings. The van der Waals surface area contributed by atoms with Crippen LogP contribution in [0.1, 0.15) is 147 Å². The number of benzene rings is 3. The first-order valence-electron chi connectivity index (χ1n) is 35.4. The summed E-state index contributed by atoms with van der Waals surface area (Å²) in [6, 6.07) is 22.9. The van der Waals surface area contributed by atoms with Gasteiger partial charge in [0.15, 0.2) is 17.5 Å². The van der Waals surface area contributed by atoms with Crippen LogP contribution in [0.2, 0.25) is 0 Å². The fraction of sp³-hybridized carbons (Fsp3) is 0.419. The maximum atomic E-state index is 12.8. The topological polar surface area (TPSA) is 369 Å². The zero-order valence-corrected chi connectivity index (χ0v) is 59.8. The summed E-state index contributed by atoms with van der Waals surface area (Å²) < 4.78 is 11.5. The summed E-state index contributed by atoms with van der Waals surface area (Å²) in [4.78, 5) is 81.5. The van der Waals surface area contributed by atoms with Crippen molar-refractivity contribution in [2.24, 2.45) is 0 Å². The molecule has 6 aliphatic heterocycles. The van der Waals surface area contributed by atoms with Crippen LogP contribution in [0.3, 0.4) is 0 Å². The van der Waals surface area contributed by atoms with Gasteiger partial charge in [-0.25, -0.2) is 9.59 Å². The largest absolute Gasteiger partial charge is 0.478 e. The first-order valence-corrected chi connectivity index (χ1v) is 35.4. The van der Waals surface area contributed by atoms with Gasteiger partial charge in [-0.1, -0.05) is 49.6 Å². The molecule has 15 rings (SSSR count). The lowest BCUT2D eigenvalue weighted by molar-refractivity contribution is -0.131. The number of carbonyl (C=O) groups is 6. The van der Waals surface area contributed by atoms with Crippen molar-refractivity contribution in [3.05, 3.63) is 133 Å². The first-order chi connectivity index (χ1) is 49.8. The number of nitrogens with one attached hydrogen (secondary N) is 1. The number of likely N-dealkylation sites (tertiary alicyclic amines) is 5. The average molecular weight is 1440 g/mol. The minimum absolute atomic E-state index is 0. The van der Waals surface area contributed by atoms with Crippen LogP contribution in [0, 0.1) is 0 Å². The molecule has 9 aromatic rings. The second-order valence-electron chi connectivity index (χ2n) is 27.6. The molecule has 3 aromatic carbocycles. The average Bonchev–Trinajstić information content (AvgIpc) is 1.62. The second kappa shape index (κ2) is 33.0. The van der Waals surface area contributed by atoms with E-state index in [4.69, 9.17) is 42.3 Å². The summed E-state index contributed by atoms with van der Waals surface area (Å²) in [5.74, 6) is 0.150. The number of carboxylic acid groups (broad SMARTS) is 1. The summed E-state index contributed by atoms with van der Waals surface area (Å²) in [6.45, 7) is 21.4. The molecule has 6 saturated heterocycles. The molecule has 8 N–H and O–H groups in total. The number of fused-ring (bicyclic) bond motifs is 3. The van der Waals surface area contributed by atoms with Gasteiger partial charge in [0.1, 0.15) is 22.7 Å². The maximum Gasteiger partial charge on any atom is 0.410 e. The molecule has 0 unspecified atom stereocenters. The number of anilines is 3. The highest BCUT2D eigenvalue weighted by atomic mass is 35.5. The molecule has 546 valence electrons. The molecule has 3 atom stereocenters. The Morgan fingerprint density at radius 1 is 0.481 bits per heavy atom.